The van der Waals surface area contributed by atoms with Crippen molar-refractivity contribution in [1.29, 1.82) is 0 Å². The van der Waals surface area contributed by atoms with Gasteiger partial charge in [-0.25, -0.2) is 0 Å². The third kappa shape index (κ3) is 3.84. The summed E-state index contributed by atoms with van der Waals surface area (Å²) in [5.41, 5.74) is 2.35. The summed E-state index contributed by atoms with van der Waals surface area (Å²) in [5.74, 6) is 0.965. The van der Waals surface area contributed by atoms with E-state index in [4.69, 9.17) is 4.74 Å². The highest BCUT2D eigenvalue weighted by Gasteiger charge is 2.12. The van der Waals surface area contributed by atoms with Gasteiger partial charge >= 0.3 is 0 Å². The summed E-state index contributed by atoms with van der Waals surface area (Å²) >= 11 is 0. The number of hydrogen-bond acceptors (Lipinski definition) is 2. The standard InChI is InChI=1S/C18H23NO/c1-3-9-16(14-19-2)20-18-13-8-7-12-17(18)15-10-5-4-6-11-15/h4-8,10-13,16,19H,3,9,14H2,1-2H3. The van der Waals surface area contributed by atoms with Crippen LogP contribution in [0.2, 0.25) is 0 Å². The highest BCUT2D eigenvalue weighted by Crippen LogP contribution is 2.30. The van der Waals surface area contributed by atoms with Gasteiger partial charge in [-0.15, -0.1) is 0 Å². The Labute approximate surface area is 121 Å². The maximum absolute atomic E-state index is 6.22. The van der Waals surface area contributed by atoms with Crippen molar-refractivity contribution in [2.75, 3.05) is 13.6 Å². The summed E-state index contributed by atoms with van der Waals surface area (Å²) in [7, 11) is 1.97. The molecule has 0 fully saturated rings. The summed E-state index contributed by atoms with van der Waals surface area (Å²) in [5, 5.41) is 3.21. The van der Waals surface area contributed by atoms with Gasteiger partial charge in [-0.2, -0.15) is 0 Å². The molecule has 0 saturated carbocycles. The number of rotatable bonds is 7. The van der Waals surface area contributed by atoms with E-state index in [0.29, 0.717) is 0 Å². The predicted molar refractivity (Wildman–Crippen MR) is 85.1 cm³/mol. The molecule has 1 atom stereocenters. The molecule has 1 N–H and O–H groups in total. The molecule has 0 radical (unpaired) electrons. The van der Waals surface area contributed by atoms with E-state index in [-0.39, 0.29) is 6.10 Å². The first-order valence-corrected chi connectivity index (χ1v) is 7.31. The van der Waals surface area contributed by atoms with Gasteiger partial charge in [0.2, 0.25) is 0 Å². The molecule has 0 aliphatic heterocycles. The highest BCUT2D eigenvalue weighted by molar-refractivity contribution is 5.70. The van der Waals surface area contributed by atoms with Gasteiger partial charge in [0.25, 0.3) is 0 Å². The van der Waals surface area contributed by atoms with Crippen molar-refractivity contribution in [3.8, 4) is 16.9 Å². The Bertz CT molecular complexity index is 504. The Kier molecular flexibility index (Phi) is 5.63. The molecule has 2 aromatic carbocycles. The van der Waals surface area contributed by atoms with E-state index in [0.717, 1.165) is 30.7 Å². The largest absolute Gasteiger partial charge is 0.488 e. The third-order valence-electron chi connectivity index (χ3n) is 3.31. The lowest BCUT2D eigenvalue weighted by molar-refractivity contribution is 0.190. The van der Waals surface area contributed by atoms with Crippen LogP contribution in [-0.4, -0.2) is 19.7 Å². The van der Waals surface area contributed by atoms with Crippen molar-refractivity contribution in [3.05, 3.63) is 54.6 Å². The average molecular weight is 269 g/mol. The van der Waals surface area contributed by atoms with Gasteiger partial charge in [0.1, 0.15) is 11.9 Å². The zero-order valence-corrected chi connectivity index (χ0v) is 12.3. The Morgan fingerprint density at radius 3 is 2.40 bits per heavy atom. The number of likely N-dealkylation sites (N-methyl/N-ethyl adjacent to an activating group) is 1. The van der Waals surface area contributed by atoms with Gasteiger partial charge in [0.05, 0.1) is 0 Å². The SMILES string of the molecule is CCCC(CNC)Oc1ccccc1-c1ccccc1. The molecular weight excluding hydrogens is 246 g/mol. The molecule has 0 heterocycles. The molecule has 0 aliphatic rings. The first-order valence-electron chi connectivity index (χ1n) is 7.31. The Balaban J connectivity index is 2.23. The molecule has 0 saturated heterocycles. The topological polar surface area (TPSA) is 21.3 Å². The smallest absolute Gasteiger partial charge is 0.127 e. The fourth-order valence-corrected chi connectivity index (χ4v) is 2.36. The van der Waals surface area contributed by atoms with Crippen LogP contribution in [0.15, 0.2) is 54.6 Å². The van der Waals surface area contributed by atoms with Crippen LogP contribution in [0.1, 0.15) is 19.8 Å². The monoisotopic (exact) mass is 269 g/mol. The van der Waals surface area contributed by atoms with Gasteiger partial charge in [-0.05, 0) is 25.1 Å². The number of para-hydroxylation sites is 1. The minimum absolute atomic E-state index is 0.217. The Morgan fingerprint density at radius 2 is 1.70 bits per heavy atom. The van der Waals surface area contributed by atoms with Crippen LogP contribution in [0.25, 0.3) is 11.1 Å². The minimum Gasteiger partial charge on any atom is -0.488 e. The molecule has 2 aromatic rings. The summed E-state index contributed by atoms with van der Waals surface area (Å²) in [6.45, 7) is 3.06. The number of nitrogens with one attached hydrogen (secondary N) is 1. The van der Waals surface area contributed by atoms with Gasteiger partial charge < -0.3 is 10.1 Å². The zero-order chi connectivity index (χ0) is 14.2. The van der Waals surface area contributed by atoms with E-state index >= 15 is 0 Å². The fraction of sp³-hybridized carbons (Fsp3) is 0.333. The molecule has 2 nitrogen and oxygen atoms in total. The van der Waals surface area contributed by atoms with Crippen LogP contribution in [0.3, 0.4) is 0 Å². The Morgan fingerprint density at radius 1 is 1.00 bits per heavy atom. The molecule has 2 heteroatoms. The second kappa shape index (κ2) is 7.71. The third-order valence-corrected chi connectivity index (χ3v) is 3.31. The zero-order valence-electron chi connectivity index (χ0n) is 12.3. The lowest BCUT2D eigenvalue weighted by atomic mass is 10.0. The maximum atomic E-state index is 6.22. The quantitative estimate of drug-likeness (QED) is 0.816. The van der Waals surface area contributed by atoms with Crippen molar-refractivity contribution in [3.63, 3.8) is 0 Å². The summed E-state index contributed by atoms with van der Waals surface area (Å²) < 4.78 is 6.22. The van der Waals surface area contributed by atoms with E-state index in [1.54, 1.807) is 0 Å². The normalized spacial score (nSPS) is 12.1. The van der Waals surface area contributed by atoms with Gasteiger partial charge in [0, 0.05) is 12.1 Å². The summed E-state index contributed by atoms with van der Waals surface area (Å²) in [4.78, 5) is 0. The van der Waals surface area contributed by atoms with Gasteiger partial charge in [-0.3, -0.25) is 0 Å². The maximum Gasteiger partial charge on any atom is 0.127 e. The number of benzene rings is 2. The summed E-state index contributed by atoms with van der Waals surface area (Å²) in [6, 6.07) is 18.7. The molecule has 20 heavy (non-hydrogen) atoms. The molecule has 0 amide bonds. The lowest BCUT2D eigenvalue weighted by Gasteiger charge is -2.20. The van der Waals surface area contributed by atoms with Gasteiger partial charge in [0.15, 0.2) is 0 Å². The first-order chi connectivity index (χ1) is 9.85. The van der Waals surface area contributed by atoms with E-state index in [2.05, 4.69) is 54.7 Å². The molecular formula is C18H23NO. The number of ether oxygens (including phenoxy) is 1. The van der Waals surface area contributed by atoms with Crippen molar-refractivity contribution >= 4 is 0 Å². The molecule has 0 spiro atoms. The van der Waals surface area contributed by atoms with Crippen LogP contribution < -0.4 is 10.1 Å². The van der Waals surface area contributed by atoms with Crippen molar-refractivity contribution < 1.29 is 4.74 Å². The number of hydrogen-bond donors (Lipinski definition) is 1. The molecule has 0 aliphatic carbocycles. The van der Waals surface area contributed by atoms with E-state index in [1.165, 1.54) is 5.56 Å². The molecule has 1 unspecified atom stereocenters. The molecule has 2 rings (SSSR count). The highest BCUT2D eigenvalue weighted by atomic mass is 16.5. The van der Waals surface area contributed by atoms with Gasteiger partial charge in [-0.1, -0.05) is 61.9 Å². The first kappa shape index (κ1) is 14.6. The second-order valence-corrected chi connectivity index (χ2v) is 4.95. The van der Waals surface area contributed by atoms with Crippen LogP contribution in [-0.2, 0) is 0 Å². The van der Waals surface area contributed by atoms with Crippen LogP contribution >= 0.6 is 0 Å². The summed E-state index contributed by atoms with van der Waals surface area (Å²) in [6.07, 6.45) is 2.40. The molecule has 0 bridgehead atoms. The van der Waals surface area contributed by atoms with E-state index in [9.17, 15) is 0 Å². The fourth-order valence-electron chi connectivity index (χ4n) is 2.36. The lowest BCUT2D eigenvalue weighted by Crippen LogP contribution is -2.29. The van der Waals surface area contributed by atoms with Crippen molar-refractivity contribution in [1.82, 2.24) is 5.32 Å². The van der Waals surface area contributed by atoms with E-state index in [1.807, 2.05) is 19.2 Å². The van der Waals surface area contributed by atoms with Crippen molar-refractivity contribution in [2.24, 2.45) is 0 Å². The second-order valence-electron chi connectivity index (χ2n) is 4.95. The van der Waals surface area contributed by atoms with Crippen molar-refractivity contribution in [2.45, 2.75) is 25.9 Å². The minimum atomic E-state index is 0.217. The van der Waals surface area contributed by atoms with Crippen LogP contribution in [0, 0.1) is 0 Å². The average Bonchev–Trinajstić information content (AvgIpc) is 2.49. The molecule has 0 aromatic heterocycles. The Hall–Kier alpha value is -1.80. The van der Waals surface area contributed by atoms with Crippen LogP contribution in [0.4, 0.5) is 0 Å². The predicted octanol–water partition coefficient (Wildman–Crippen LogP) is 4.12. The van der Waals surface area contributed by atoms with E-state index < -0.39 is 0 Å². The van der Waals surface area contributed by atoms with Crippen LogP contribution in [0.5, 0.6) is 5.75 Å². The molecule has 106 valence electrons.